The van der Waals surface area contributed by atoms with E-state index in [1.54, 1.807) is 18.2 Å². The van der Waals surface area contributed by atoms with Gasteiger partial charge in [0.05, 0.1) is 4.92 Å². The topological polar surface area (TPSA) is 63.5 Å². The van der Waals surface area contributed by atoms with Gasteiger partial charge in [-0.3, -0.25) is 14.9 Å². The quantitative estimate of drug-likeness (QED) is 0.439. The van der Waals surface area contributed by atoms with Crippen molar-refractivity contribution in [3.05, 3.63) is 46.0 Å². The number of nitrogens with zero attached hydrogens (tertiary/aromatic N) is 2. The van der Waals surface area contributed by atoms with Crippen LogP contribution in [0.4, 0.5) is 5.69 Å². The molecule has 1 aromatic carbocycles. The molecule has 22 heavy (non-hydrogen) atoms. The Morgan fingerprint density at radius 3 is 2.77 bits per heavy atom. The third-order valence-corrected chi connectivity index (χ3v) is 3.72. The smallest absolute Gasteiger partial charge is 0.270 e. The Hall–Kier alpha value is -2.17. The molecule has 0 aliphatic heterocycles. The summed E-state index contributed by atoms with van der Waals surface area (Å²) in [5, 5.41) is 10.8. The van der Waals surface area contributed by atoms with Gasteiger partial charge < -0.3 is 4.90 Å². The van der Waals surface area contributed by atoms with Gasteiger partial charge in [-0.15, -0.1) is 0 Å². The number of amides is 1. The number of benzene rings is 1. The first-order valence-electron chi connectivity index (χ1n) is 7.70. The monoisotopic (exact) mass is 302 g/mol. The summed E-state index contributed by atoms with van der Waals surface area (Å²) >= 11 is 0. The van der Waals surface area contributed by atoms with Crippen LogP contribution in [0.2, 0.25) is 0 Å². The van der Waals surface area contributed by atoms with E-state index in [0.29, 0.717) is 17.5 Å². The Balaban J connectivity index is 2.02. The van der Waals surface area contributed by atoms with Gasteiger partial charge in [-0.05, 0) is 36.8 Å². The van der Waals surface area contributed by atoms with Crippen molar-refractivity contribution < 1.29 is 9.72 Å². The summed E-state index contributed by atoms with van der Waals surface area (Å²) in [6, 6.07) is 6.67. The standard InChI is InChI=1S/C17H22N2O3/c1-13(2)10-11-18(15-7-8-15)17(20)9-6-14-4-3-5-16(12-14)19(21)22/h3-6,9,12-13,15H,7-8,10-11H2,1-2H3/b9-6+. The van der Waals surface area contributed by atoms with Crippen LogP contribution in [-0.2, 0) is 4.79 Å². The van der Waals surface area contributed by atoms with Crippen molar-refractivity contribution in [2.24, 2.45) is 5.92 Å². The van der Waals surface area contributed by atoms with Crippen LogP contribution in [0.5, 0.6) is 0 Å². The Labute approximate surface area is 130 Å². The second kappa shape index (κ2) is 7.20. The number of nitro benzene ring substituents is 1. The molecule has 1 saturated carbocycles. The number of rotatable bonds is 7. The summed E-state index contributed by atoms with van der Waals surface area (Å²) in [6.07, 6.45) is 6.33. The van der Waals surface area contributed by atoms with Crippen molar-refractivity contribution in [1.82, 2.24) is 4.90 Å². The molecule has 0 unspecified atom stereocenters. The molecule has 0 saturated heterocycles. The van der Waals surface area contributed by atoms with Crippen LogP contribution in [0.3, 0.4) is 0 Å². The summed E-state index contributed by atoms with van der Waals surface area (Å²) in [6.45, 7) is 5.07. The molecule has 0 bridgehead atoms. The SMILES string of the molecule is CC(C)CCN(C(=O)/C=C/c1cccc([N+](=O)[O-])c1)C1CC1. The second-order valence-corrected chi connectivity index (χ2v) is 6.13. The first-order chi connectivity index (χ1) is 10.5. The zero-order valence-corrected chi connectivity index (χ0v) is 13.1. The molecule has 118 valence electrons. The zero-order valence-electron chi connectivity index (χ0n) is 13.1. The number of hydrogen-bond acceptors (Lipinski definition) is 3. The van der Waals surface area contributed by atoms with Gasteiger partial charge in [0.1, 0.15) is 0 Å². The molecule has 1 fully saturated rings. The van der Waals surface area contributed by atoms with Crippen molar-refractivity contribution in [2.45, 2.75) is 39.2 Å². The fourth-order valence-electron chi connectivity index (χ4n) is 2.26. The second-order valence-electron chi connectivity index (χ2n) is 6.13. The van der Waals surface area contributed by atoms with Crippen molar-refractivity contribution in [2.75, 3.05) is 6.54 Å². The van der Waals surface area contributed by atoms with Crippen LogP contribution in [0, 0.1) is 16.0 Å². The van der Waals surface area contributed by atoms with Crippen molar-refractivity contribution in [3.8, 4) is 0 Å². The molecule has 0 spiro atoms. The van der Waals surface area contributed by atoms with E-state index in [1.165, 1.54) is 18.2 Å². The molecule has 0 N–H and O–H groups in total. The van der Waals surface area contributed by atoms with Gasteiger partial charge in [0.15, 0.2) is 0 Å². The Kier molecular flexibility index (Phi) is 5.31. The largest absolute Gasteiger partial charge is 0.336 e. The van der Waals surface area contributed by atoms with Crippen LogP contribution >= 0.6 is 0 Å². The lowest BCUT2D eigenvalue weighted by atomic mass is 10.1. The molecule has 0 aromatic heterocycles. The Morgan fingerprint density at radius 2 is 2.18 bits per heavy atom. The van der Waals surface area contributed by atoms with Crippen molar-refractivity contribution in [3.63, 3.8) is 0 Å². The van der Waals surface area contributed by atoms with E-state index < -0.39 is 4.92 Å². The number of carbonyl (C=O) groups excluding carboxylic acids is 1. The predicted molar refractivity (Wildman–Crippen MR) is 86.3 cm³/mol. The van der Waals surface area contributed by atoms with Gasteiger partial charge >= 0.3 is 0 Å². The number of carbonyl (C=O) groups is 1. The van der Waals surface area contributed by atoms with Gasteiger partial charge in [0.25, 0.3) is 5.69 Å². The van der Waals surface area contributed by atoms with E-state index in [0.717, 1.165) is 25.8 Å². The third-order valence-electron chi connectivity index (χ3n) is 3.72. The molecule has 1 aliphatic carbocycles. The lowest BCUT2D eigenvalue weighted by Crippen LogP contribution is -2.33. The average molecular weight is 302 g/mol. The first-order valence-corrected chi connectivity index (χ1v) is 7.70. The normalized spacial score (nSPS) is 14.5. The summed E-state index contributed by atoms with van der Waals surface area (Å²) in [7, 11) is 0. The van der Waals surface area contributed by atoms with Crippen LogP contribution in [0.1, 0.15) is 38.7 Å². The molecular weight excluding hydrogens is 280 g/mol. The van der Waals surface area contributed by atoms with Crippen molar-refractivity contribution in [1.29, 1.82) is 0 Å². The third kappa shape index (κ3) is 4.69. The number of nitro groups is 1. The van der Waals surface area contributed by atoms with Crippen LogP contribution in [-0.4, -0.2) is 28.3 Å². The number of hydrogen-bond donors (Lipinski definition) is 0. The first kappa shape index (κ1) is 16.2. The van der Waals surface area contributed by atoms with Gasteiger partial charge in [-0.1, -0.05) is 26.0 Å². The predicted octanol–water partition coefficient (Wildman–Crippen LogP) is 3.65. The highest BCUT2D eigenvalue weighted by Crippen LogP contribution is 2.28. The van der Waals surface area contributed by atoms with Gasteiger partial charge in [-0.2, -0.15) is 0 Å². The highest BCUT2D eigenvalue weighted by atomic mass is 16.6. The minimum atomic E-state index is -0.432. The molecule has 1 amide bonds. The summed E-state index contributed by atoms with van der Waals surface area (Å²) in [4.78, 5) is 24.6. The summed E-state index contributed by atoms with van der Waals surface area (Å²) in [5.41, 5.74) is 0.704. The van der Waals surface area contributed by atoms with E-state index in [2.05, 4.69) is 13.8 Å². The van der Waals surface area contributed by atoms with E-state index in [4.69, 9.17) is 0 Å². The van der Waals surface area contributed by atoms with Crippen LogP contribution in [0.25, 0.3) is 6.08 Å². The molecule has 0 atom stereocenters. The van der Waals surface area contributed by atoms with E-state index >= 15 is 0 Å². The maximum Gasteiger partial charge on any atom is 0.270 e. The minimum absolute atomic E-state index is 0.00495. The molecule has 0 heterocycles. The number of non-ortho nitro benzene ring substituents is 1. The Bertz CT molecular complexity index is 577. The highest BCUT2D eigenvalue weighted by molar-refractivity contribution is 5.92. The lowest BCUT2D eigenvalue weighted by molar-refractivity contribution is -0.384. The molecule has 1 aromatic rings. The summed E-state index contributed by atoms with van der Waals surface area (Å²) < 4.78 is 0. The van der Waals surface area contributed by atoms with Crippen molar-refractivity contribution >= 4 is 17.7 Å². The van der Waals surface area contributed by atoms with Crippen LogP contribution in [0.15, 0.2) is 30.3 Å². The molecule has 5 heteroatoms. The van der Waals surface area contributed by atoms with E-state index in [1.807, 2.05) is 4.90 Å². The fraction of sp³-hybridized carbons (Fsp3) is 0.471. The highest BCUT2D eigenvalue weighted by Gasteiger charge is 2.31. The van der Waals surface area contributed by atoms with Gasteiger partial charge in [-0.25, -0.2) is 0 Å². The van der Waals surface area contributed by atoms with Gasteiger partial charge in [0.2, 0.25) is 5.91 Å². The zero-order chi connectivity index (χ0) is 16.1. The molecule has 1 aliphatic rings. The molecule has 2 rings (SSSR count). The average Bonchev–Trinajstić information content (AvgIpc) is 3.30. The summed E-state index contributed by atoms with van der Waals surface area (Å²) in [5.74, 6) is 0.560. The molecular formula is C17H22N2O3. The lowest BCUT2D eigenvalue weighted by Gasteiger charge is -2.21. The molecule has 0 radical (unpaired) electrons. The maximum absolute atomic E-state index is 12.3. The van der Waals surface area contributed by atoms with Gasteiger partial charge in [0, 0.05) is 30.8 Å². The maximum atomic E-state index is 12.3. The minimum Gasteiger partial charge on any atom is -0.336 e. The van der Waals surface area contributed by atoms with Crippen LogP contribution < -0.4 is 0 Å². The van der Waals surface area contributed by atoms with E-state index in [9.17, 15) is 14.9 Å². The molecule has 5 nitrogen and oxygen atoms in total. The van der Waals surface area contributed by atoms with E-state index in [-0.39, 0.29) is 11.6 Å². The fourth-order valence-corrected chi connectivity index (χ4v) is 2.26. The Morgan fingerprint density at radius 1 is 1.45 bits per heavy atom.